The molecule has 1 aromatic rings. The Kier molecular flexibility index (Phi) is 5.39. The number of likely N-dealkylation sites (tertiary alicyclic amines) is 2. The Morgan fingerprint density at radius 1 is 1.30 bits per heavy atom. The predicted molar refractivity (Wildman–Crippen MR) is 98.4 cm³/mol. The molecule has 1 aromatic carbocycles. The Balaban J connectivity index is 1.59. The van der Waals surface area contributed by atoms with E-state index < -0.39 is 17.4 Å². The smallest absolute Gasteiger partial charge is 0.309 e. The minimum Gasteiger partial charge on any atom is -0.497 e. The number of rotatable bonds is 5. The molecule has 7 nitrogen and oxygen atoms in total. The van der Waals surface area contributed by atoms with E-state index in [4.69, 9.17) is 4.74 Å². The SMILES string of the molecule is COc1cccc(CCC(=O)N2CCC3(CC2)[C@@H](C(=O)O)CC(=O)N3C)c1. The zero-order valence-corrected chi connectivity index (χ0v) is 15.8. The molecule has 2 amide bonds. The maximum absolute atomic E-state index is 12.6. The first-order chi connectivity index (χ1) is 12.9. The van der Waals surface area contributed by atoms with Crippen molar-refractivity contribution in [2.24, 2.45) is 5.92 Å². The van der Waals surface area contributed by atoms with Crippen LogP contribution in [0, 0.1) is 5.92 Å². The third-order valence-electron chi connectivity index (χ3n) is 6.11. The van der Waals surface area contributed by atoms with Crippen LogP contribution in [0.2, 0.25) is 0 Å². The van der Waals surface area contributed by atoms with Gasteiger partial charge in [-0.05, 0) is 37.0 Å². The van der Waals surface area contributed by atoms with E-state index in [2.05, 4.69) is 0 Å². The minimum absolute atomic E-state index is 0.0512. The Morgan fingerprint density at radius 2 is 2.00 bits per heavy atom. The molecule has 0 unspecified atom stereocenters. The molecule has 2 heterocycles. The lowest BCUT2D eigenvalue weighted by Crippen LogP contribution is -2.57. The number of piperidine rings is 1. The number of aliphatic carboxylic acids is 1. The molecule has 0 saturated carbocycles. The van der Waals surface area contributed by atoms with Crippen molar-refractivity contribution in [1.29, 1.82) is 0 Å². The van der Waals surface area contributed by atoms with Gasteiger partial charge < -0.3 is 19.6 Å². The van der Waals surface area contributed by atoms with Gasteiger partial charge in [0.2, 0.25) is 11.8 Å². The summed E-state index contributed by atoms with van der Waals surface area (Å²) in [6.07, 6.45) is 2.11. The fourth-order valence-corrected chi connectivity index (χ4v) is 4.37. The second kappa shape index (κ2) is 7.58. The van der Waals surface area contributed by atoms with Crippen LogP contribution >= 0.6 is 0 Å². The molecule has 27 heavy (non-hydrogen) atoms. The lowest BCUT2D eigenvalue weighted by molar-refractivity contribution is -0.147. The first-order valence-electron chi connectivity index (χ1n) is 9.27. The summed E-state index contributed by atoms with van der Waals surface area (Å²) in [5.41, 5.74) is 0.384. The summed E-state index contributed by atoms with van der Waals surface area (Å²) in [6.45, 7) is 0.969. The summed E-state index contributed by atoms with van der Waals surface area (Å²) in [6, 6.07) is 7.67. The van der Waals surface area contributed by atoms with E-state index in [9.17, 15) is 19.5 Å². The average Bonchev–Trinajstić information content (AvgIpc) is 2.92. The average molecular weight is 374 g/mol. The molecule has 2 fully saturated rings. The van der Waals surface area contributed by atoms with E-state index in [1.807, 2.05) is 24.3 Å². The maximum atomic E-state index is 12.6. The van der Waals surface area contributed by atoms with Crippen molar-refractivity contribution in [3.63, 3.8) is 0 Å². The number of hydrogen-bond acceptors (Lipinski definition) is 4. The zero-order chi connectivity index (χ0) is 19.6. The van der Waals surface area contributed by atoms with E-state index in [0.29, 0.717) is 38.8 Å². The number of amides is 2. The molecule has 1 N–H and O–H groups in total. The molecule has 2 aliphatic heterocycles. The highest BCUT2D eigenvalue weighted by Gasteiger charge is 2.55. The molecule has 2 saturated heterocycles. The van der Waals surface area contributed by atoms with Gasteiger partial charge in [0, 0.05) is 33.0 Å². The Labute approximate surface area is 158 Å². The predicted octanol–water partition coefficient (Wildman–Crippen LogP) is 1.55. The van der Waals surface area contributed by atoms with Gasteiger partial charge in [-0.2, -0.15) is 0 Å². The summed E-state index contributed by atoms with van der Waals surface area (Å²) >= 11 is 0. The minimum atomic E-state index is -0.925. The van der Waals surface area contributed by atoms with Crippen molar-refractivity contribution in [2.45, 2.75) is 37.6 Å². The van der Waals surface area contributed by atoms with Gasteiger partial charge in [0.25, 0.3) is 0 Å². The Bertz CT molecular complexity index is 740. The molecule has 0 aliphatic carbocycles. The number of carboxylic acids is 1. The van der Waals surface area contributed by atoms with Crippen LogP contribution in [-0.2, 0) is 20.8 Å². The molecule has 1 spiro atoms. The van der Waals surface area contributed by atoms with Crippen molar-refractivity contribution >= 4 is 17.8 Å². The van der Waals surface area contributed by atoms with Crippen molar-refractivity contribution in [1.82, 2.24) is 9.80 Å². The highest BCUT2D eigenvalue weighted by Crippen LogP contribution is 2.42. The van der Waals surface area contributed by atoms with Crippen LogP contribution in [0.1, 0.15) is 31.2 Å². The van der Waals surface area contributed by atoms with Crippen LogP contribution < -0.4 is 4.74 Å². The number of hydrogen-bond donors (Lipinski definition) is 1. The fraction of sp³-hybridized carbons (Fsp3) is 0.550. The van der Waals surface area contributed by atoms with Crippen LogP contribution in [-0.4, -0.2) is 65.5 Å². The van der Waals surface area contributed by atoms with E-state index in [1.165, 1.54) is 0 Å². The standard InChI is InChI=1S/C20H26N2O5/c1-21-18(24)13-16(19(25)26)20(21)8-10-22(11-9-20)17(23)7-6-14-4-3-5-15(12-14)27-2/h3-5,12,16H,6-11,13H2,1-2H3,(H,25,26)/t16-/m1/s1. The second-order valence-corrected chi connectivity index (χ2v) is 7.38. The highest BCUT2D eigenvalue weighted by molar-refractivity contribution is 5.88. The van der Waals surface area contributed by atoms with Gasteiger partial charge in [0.05, 0.1) is 18.6 Å². The lowest BCUT2D eigenvalue weighted by Gasteiger charge is -2.45. The van der Waals surface area contributed by atoms with E-state index in [1.54, 1.807) is 24.0 Å². The number of nitrogens with zero attached hydrogens (tertiary/aromatic N) is 2. The van der Waals surface area contributed by atoms with Crippen LogP contribution in [0.4, 0.5) is 0 Å². The highest BCUT2D eigenvalue weighted by atomic mass is 16.5. The molecule has 0 radical (unpaired) electrons. The molecule has 0 aromatic heterocycles. The summed E-state index contributed by atoms with van der Waals surface area (Å²) in [5, 5.41) is 9.52. The van der Waals surface area contributed by atoms with Crippen LogP contribution in [0.3, 0.4) is 0 Å². The number of benzene rings is 1. The van der Waals surface area contributed by atoms with Gasteiger partial charge >= 0.3 is 5.97 Å². The molecule has 2 aliphatic rings. The van der Waals surface area contributed by atoms with Crippen LogP contribution in [0.15, 0.2) is 24.3 Å². The monoisotopic (exact) mass is 374 g/mol. The zero-order valence-electron chi connectivity index (χ0n) is 15.8. The summed E-state index contributed by atoms with van der Waals surface area (Å²) < 4.78 is 5.20. The third kappa shape index (κ3) is 3.63. The first kappa shape index (κ1) is 19.2. The number of ether oxygens (including phenoxy) is 1. The molecular formula is C20H26N2O5. The first-order valence-corrected chi connectivity index (χ1v) is 9.27. The van der Waals surface area contributed by atoms with Gasteiger partial charge in [0.1, 0.15) is 5.75 Å². The fourth-order valence-electron chi connectivity index (χ4n) is 4.37. The second-order valence-electron chi connectivity index (χ2n) is 7.38. The summed E-state index contributed by atoms with van der Waals surface area (Å²) in [5.74, 6) is -0.908. The van der Waals surface area contributed by atoms with Crippen molar-refractivity contribution in [2.75, 3.05) is 27.2 Å². The quantitative estimate of drug-likeness (QED) is 0.845. The van der Waals surface area contributed by atoms with Crippen molar-refractivity contribution < 1.29 is 24.2 Å². The van der Waals surface area contributed by atoms with Gasteiger partial charge in [-0.3, -0.25) is 14.4 Å². The number of methoxy groups -OCH3 is 1. The number of carboxylic acid groups (broad SMARTS) is 1. The Morgan fingerprint density at radius 3 is 2.63 bits per heavy atom. The topological polar surface area (TPSA) is 87.1 Å². The van der Waals surface area contributed by atoms with Crippen LogP contribution in [0.25, 0.3) is 0 Å². The number of aryl methyl sites for hydroxylation is 1. The van der Waals surface area contributed by atoms with Gasteiger partial charge in [-0.25, -0.2) is 0 Å². The van der Waals surface area contributed by atoms with Gasteiger partial charge in [0.15, 0.2) is 0 Å². The van der Waals surface area contributed by atoms with E-state index in [0.717, 1.165) is 11.3 Å². The summed E-state index contributed by atoms with van der Waals surface area (Å²) in [4.78, 5) is 39.7. The van der Waals surface area contributed by atoms with Crippen molar-refractivity contribution in [3.8, 4) is 5.75 Å². The molecular weight excluding hydrogens is 348 g/mol. The molecule has 0 bridgehead atoms. The van der Waals surface area contributed by atoms with E-state index >= 15 is 0 Å². The number of carbonyl (C=O) groups is 3. The normalized spacial score (nSPS) is 21.6. The molecule has 1 atom stereocenters. The third-order valence-corrected chi connectivity index (χ3v) is 6.11. The van der Waals surface area contributed by atoms with Crippen LogP contribution in [0.5, 0.6) is 5.75 Å². The summed E-state index contributed by atoms with van der Waals surface area (Å²) in [7, 11) is 3.30. The maximum Gasteiger partial charge on any atom is 0.309 e. The lowest BCUT2D eigenvalue weighted by atomic mass is 9.77. The van der Waals surface area contributed by atoms with Gasteiger partial charge in [-0.1, -0.05) is 12.1 Å². The van der Waals surface area contributed by atoms with Gasteiger partial charge in [-0.15, -0.1) is 0 Å². The molecule has 3 rings (SSSR count). The molecule has 7 heteroatoms. The largest absolute Gasteiger partial charge is 0.497 e. The molecule has 146 valence electrons. The van der Waals surface area contributed by atoms with E-state index in [-0.39, 0.29) is 18.2 Å². The van der Waals surface area contributed by atoms with Crippen molar-refractivity contribution in [3.05, 3.63) is 29.8 Å². The Hall–Kier alpha value is -2.57. The number of carbonyl (C=O) groups excluding carboxylic acids is 2.